The van der Waals surface area contributed by atoms with Gasteiger partial charge in [-0.15, -0.1) is 0 Å². The molecule has 5 heteroatoms. The summed E-state index contributed by atoms with van der Waals surface area (Å²) in [6.45, 7) is 7.33. The molecule has 0 atom stereocenters. The van der Waals surface area contributed by atoms with E-state index in [0.717, 1.165) is 5.75 Å². The molecule has 140 valence electrons. The standard InChI is InChI=1S/C21H27NO4/c1-21(2,3)16-7-9-17(10-8-16)26-13-12-22-20(23)15-6-11-18(24-4)19(14-15)25-5/h6-11,14H,12-13H2,1-5H3,(H,22,23). The van der Waals surface area contributed by atoms with E-state index < -0.39 is 0 Å². The zero-order valence-electron chi connectivity index (χ0n) is 16.1. The Morgan fingerprint density at radius 1 is 0.962 bits per heavy atom. The van der Waals surface area contributed by atoms with Crippen molar-refractivity contribution in [2.24, 2.45) is 0 Å². The van der Waals surface area contributed by atoms with Crippen molar-refractivity contribution >= 4 is 5.91 Å². The van der Waals surface area contributed by atoms with E-state index in [9.17, 15) is 4.79 Å². The van der Waals surface area contributed by atoms with Crippen molar-refractivity contribution < 1.29 is 19.0 Å². The van der Waals surface area contributed by atoms with Crippen LogP contribution in [-0.4, -0.2) is 33.3 Å². The highest BCUT2D eigenvalue weighted by Gasteiger charge is 2.13. The lowest BCUT2D eigenvalue weighted by atomic mass is 9.87. The second-order valence-electron chi connectivity index (χ2n) is 6.95. The Labute approximate surface area is 155 Å². The smallest absolute Gasteiger partial charge is 0.251 e. The van der Waals surface area contributed by atoms with Crippen molar-refractivity contribution in [3.05, 3.63) is 53.6 Å². The van der Waals surface area contributed by atoms with Gasteiger partial charge < -0.3 is 19.5 Å². The van der Waals surface area contributed by atoms with Gasteiger partial charge in [0.15, 0.2) is 11.5 Å². The fraction of sp³-hybridized carbons (Fsp3) is 0.381. The third-order valence-electron chi connectivity index (χ3n) is 4.02. The van der Waals surface area contributed by atoms with E-state index in [1.807, 2.05) is 12.1 Å². The number of hydrogen-bond acceptors (Lipinski definition) is 4. The predicted molar refractivity (Wildman–Crippen MR) is 103 cm³/mol. The first-order chi connectivity index (χ1) is 12.3. The number of hydrogen-bond donors (Lipinski definition) is 1. The molecule has 1 N–H and O–H groups in total. The topological polar surface area (TPSA) is 56.8 Å². The first kappa shape index (κ1) is 19.6. The highest BCUT2D eigenvalue weighted by molar-refractivity contribution is 5.94. The molecule has 0 heterocycles. The van der Waals surface area contributed by atoms with Gasteiger partial charge in [-0.2, -0.15) is 0 Å². The summed E-state index contributed by atoms with van der Waals surface area (Å²) in [7, 11) is 3.10. The molecule has 5 nitrogen and oxygen atoms in total. The van der Waals surface area contributed by atoms with E-state index in [2.05, 4.69) is 38.2 Å². The lowest BCUT2D eigenvalue weighted by molar-refractivity contribution is 0.0946. The van der Waals surface area contributed by atoms with Gasteiger partial charge in [-0.05, 0) is 41.3 Å². The third-order valence-corrected chi connectivity index (χ3v) is 4.02. The summed E-state index contributed by atoms with van der Waals surface area (Å²) in [6.07, 6.45) is 0. The van der Waals surface area contributed by atoms with E-state index >= 15 is 0 Å². The molecule has 26 heavy (non-hydrogen) atoms. The number of nitrogens with one attached hydrogen (secondary N) is 1. The van der Waals surface area contributed by atoms with Crippen molar-refractivity contribution in [3.8, 4) is 17.2 Å². The van der Waals surface area contributed by atoms with E-state index in [0.29, 0.717) is 30.2 Å². The number of ether oxygens (including phenoxy) is 3. The summed E-state index contributed by atoms with van der Waals surface area (Å²) in [4.78, 5) is 12.2. The highest BCUT2D eigenvalue weighted by Crippen LogP contribution is 2.27. The Kier molecular flexibility index (Phi) is 6.50. The maximum atomic E-state index is 12.2. The first-order valence-corrected chi connectivity index (χ1v) is 8.58. The maximum Gasteiger partial charge on any atom is 0.251 e. The summed E-state index contributed by atoms with van der Waals surface area (Å²) in [5.41, 5.74) is 1.88. The Hall–Kier alpha value is -2.69. The van der Waals surface area contributed by atoms with Gasteiger partial charge in [0.25, 0.3) is 5.91 Å². The Morgan fingerprint density at radius 2 is 1.62 bits per heavy atom. The number of benzene rings is 2. The normalized spacial score (nSPS) is 11.0. The van der Waals surface area contributed by atoms with Crippen LogP contribution in [0.25, 0.3) is 0 Å². The van der Waals surface area contributed by atoms with Gasteiger partial charge >= 0.3 is 0 Å². The molecule has 0 unspecified atom stereocenters. The second kappa shape index (κ2) is 8.61. The van der Waals surface area contributed by atoms with E-state index in [-0.39, 0.29) is 11.3 Å². The second-order valence-corrected chi connectivity index (χ2v) is 6.95. The van der Waals surface area contributed by atoms with Crippen molar-refractivity contribution in [2.45, 2.75) is 26.2 Å². The van der Waals surface area contributed by atoms with E-state index in [1.54, 1.807) is 25.3 Å². The monoisotopic (exact) mass is 357 g/mol. The SMILES string of the molecule is COc1ccc(C(=O)NCCOc2ccc(C(C)(C)C)cc2)cc1OC. The van der Waals surface area contributed by atoms with Crippen molar-refractivity contribution in [1.29, 1.82) is 0 Å². The molecule has 1 amide bonds. The molecule has 2 aromatic rings. The molecule has 0 aliphatic rings. The summed E-state index contributed by atoms with van der Waals surface area (Å²) < 4.78 is 16.1. The van der Waals surface area contributed by atoms with E-state index in [4.69, 9.17) is 14.2 Å². The fourth-order valence-corrected chi connectivity index (χ4v) is 2.46. The minimum atomic E-state index is -0.183. The maximum absolute atomic E-state index is 12.2. The molecule has 2 aromatic carbocycles. The number of carbonyl (C=O) groups excluding carboxylic acids is 1. The Bertz CT molecular complexity index is 733. The van der Waals surface area contributed by atoms with Crippen LogP contribution in [0.3, 0.4) is 0 Å². The van der Waals surface area contributed by atoms with Crippen LogP contribution in [0.5, 0.6) is 17.2 Å². The summed E-state index contributed by atoms with van der Waals surface area (Å²) in [6, 6.07) is 13.1. The average Bonchev–Trinajstić information content (AvgIpc) is 2.64. The van der Waals surface area contributed by atoms with Crippen molar-refractivity contribution in [2.75, 3.05) is 27.4 Å². The largest absolute Gasteiger partial charge is 0.493 e. The summed E-state index contributed by atoms with van der Waals surface area (Å²) >= 11 is 0. The number of carbonyl (C=O) groups is 1. The number of methoxy groups -OCH3 is 2. The average molecular weight is 357 g/mol. The number of rotatable bonds is 7. The molecule has 0 saturated heterocycles. The van der Waals surface area contributed by atoms with Crippen molar-refractivity contribution in [3.63, 3.8) is 0 Å². The zero-order chi connectivity index (χ0) is 19.2. The summed E-state index contributed by atoms with van der Waals surface area (Å²) in [5, 5.41) is 2.83. The predicted octanol–water partition coefficient (Wildman–Crippen LogP) is 3.81. The first-order valence-electron chi connectivity index (χ1n) is 8.58. The molecule has 0 radical (unpaired) electrons. The van der Waals surface area contributed by atoms with Gasteiger partial charge in [0, 0.05) is 5.56 Å². The van der Waals surface area contributed by atoms with Crippen LogP contribution in [0.2, 0.25) is 0 Å². The van der Waals surface area contributed by atoms with Crippen molar-refractivity contribution in [1.82, 2.24) is 5.32 Å². The molecule has 2 rings (SSSR count). The molecule has 0 aliphatic heterocycles. The van der Waals surface area contributed by atoms with Crippen LogP contribution >= 0.6 is 0 Å². The molecule has 0 saturated carbocycles. The fourth-order valence-electron chi connectivity index (χ4n) is 2.46. The minimum Gasteiger partial charge on any atom is -0.493 e. The summed E-state index contributed by atoms with van der Waals surface area (Å²) in [5.74, 6) is 1.72. The van der Waals surface area contributed by atoms with Crippen LogP contribution in [-0.2, 0) is 5.41 Å². The molecule has 0 aliphatic carbocycles. The van der Waals surface area contributed by atoms with Crippen LogP contribution in [0, 0.1) is 0 Å². The van der Waals surface area contributed by atoms with Crippen LogP contribution < -0.4 is 19.5 Å². The Morgan fingerprint density at radius 3 is 2.19 bits per heavy atom. The molecule has 0 spiro atoms. The third kappa shape index (κ3) is 5.15. The molecular formula is C21H27NO4. The van der Waals surface area contributed by atoms with Gasteiger partial charge in [0.1, 0.15) is 12.4 Å². The Balaban J connectivity index is 1.83. The molecule has 0 aromatic heterocycles. The zero-order valence-corrected chi connectivity index (χ0v) is 16.1. The van der Waals surface area contributed by atoms with Gasteiger partial charge in [-0.25, -0.2) is 0 Å². The molecule has 0 fully saturated rings. The van der Waals surface area contributed by atoms with Gasteiger partial charge in [-0.1, -0.05) is 32.9 Å². The van der Waals surface area contributed by atoms with Gasteiger partial charge in [-0.3, -0.25) is 4.79 Å². The van der Waals surface area contributed by atoms with Crippen LogP contribution in [0.1, 0.15) is 36.7 Å². The molecule has 0 bridgehead atoms. The van der Waals surface area contributed by atoms with Crippen LogP contribution in [0.15, 0.2) is 42.5 Å². The molecular weight excluding hydrogens is 330 g/mol. The quantitative estimate of drug-likeness (QED) is 0.766. The van der Waals surface area contributed by atoms with Gasteiger partial charge in [0.2, 0.25) is 0 Å². The van der Waals surface area contributed by atoms with Crippen LogP contribution in [0.4, 0.5) is 0 Å². The highest BCUT2D eigenvalue weighted by atomic mass is 16.5. The minimum absolute atomic E-state index is 0.117. The van der Waals surface area contributed by atoms with E-state index in [1.165, 1.54) is 12.7 Å². The lowest BCUT2D eigenvalue weighted by Crippen LogP contribution is -2.28. The van der Waals surface area contributed by atoms with Gasteiger partial charge in [0.05, 0.1) is 20.8 Å². The number of amides is 1. The lowest BCUT2D eigenvalue weighted by Gasteiger charge is -2.19.